The maximum absolute atomic E-state index is 12.5. The van der Waals surface area contributed by atoms with Crippen LogP contribution in [0.3, 0.4) is 0 Å². The third kappa shape index (κ3) is 3.03. The van der Waals surface area contributed by atoms with Crippen LogP contribution in [-0.2, 0) is 11.3 Å². The highest BCUT2D eigenvalue weighted by atomic mass is 16.4. The van der Waals surface area contributed by atoms with E-state index in [2.05, 4.69) is 10.3 Å². The van der Waals surface area contributed by atoms with Gasteiger partial charge in [-0.15, -0.1) is 0 Å². The van der Waals surface area contributed by atoms with Gasteiger partial charge in [0.1, 0.15) is 35.3 Å². The Balaban J connectivity index is 1.88. The van der Waals surface area contributed by atoms with Crippen molar-refractivity contribution in [3.8, 4) is 0 Å². The van der Waals surface area contributed by atoms with Crippen LogP contribution in [0.5, 0.6) is 0 Å². The van der Waals surface area contributed by atoms with Crippen molar-refractivity contribution in [3.05, 3.63) is 52.2 Å². The Labute approximate surface area is 140 Å². The first-order valence-electron chi connectivity index (χ1n) is 7.43. The molecule has 130 valence electrons. The van der Waals surface area contributed by atoms with E-state index in [1.807, 2.05) is 0 Å². The zero-order valence-electron chi connectivity index (χ0n) is 13.5. The molecule has 3 aromatic rings. The summed E-state index contributed by atoms with van der Waals surface area (Å²) in [5, 5.41) is 11.8. The average Bonchev–Trinajstić information content (AvgIpc) is 3.17. The predicted molar refractivity (Wildman–Crippen MR) is 85.2 cm³/mol. The summed E-state index contributed by atoms with van der Waals surface area (Å²) >= 11 is 0. The largest absolute Gasteiger partial charge is 0.478 e. The Hall–Kier alpha value is -3.36. The molecule has 25 heavy (non-hydrogen) atoms. The van der Waals surface area contributed by atoms with Crippen LogP contribution in [0.25, 0.3) is 11.1 Å². The molecule has 0 aliphatic carbocycles. The first-order chi connectivity index (χ1) is 11.9. The number of aromatic carboxylic acids is 1. The molecule has 0 fully saturated rings. The number of carboxylic acid groups (broad SMARTS) is 1. The summed E-state index contributed by atoms with van der Waals surface area (Å²) < 4.78 is 11.4. The van der Waals surface area contributed by atoms with E-state index in [1.165, 1.54) is 13.2 Å². The number of carbonyl (C=O) groups excluding carboxylic acids is 1. The molecule has 0 saturated heterocycles. The molecule has 9 nitrogen and oxygen atoms in total. The molecule has 1 amide bonds. The summed E-state index contributed by atoms with van der Waals surface area (Å²) in [7, 11) is 0. The number of carbonyl (C=O) groups is 2. The average molecular weight is 345 g/mol. The van der Waals surface area contributed by atoms with Crippen molar-refractivity contribution < 1.29 is 23.5 Å². The lowest BCUT2D eigenvalue weighted by atomic mass is 10.2. The normalized spacial score (nSPS) is 12.2. The quantitative estimate of drug-likeness (QED) is 0.716. The Morgan fingerprint density at radius 3 is 2.84 bits per heavy atom. The van der Waals surface area contributed by atoms with Crippen LogP contribution in [0.15, 0.2) is 38.4 Å². The maximum Gasteiger partial charge on any atom is 0.340 e. The van der Waals surface area contributed by atoms with Gasteiger partial charge in [0.15, 0.2) is 0 Å². The molecule has 9 heteroatoms. The molecule has 3 aromatic heterocycles. The van der Waals surface area contributed by atoms with Crippen molar-refractivity contribution in [1.29, 1.82) is 0 Å². The van der Waals surface area contributed by atoms with Crippen molar-refractivity contribution in [2.75, 3.05) is 0 Å². The number of fused-ring (bicyclic) bond motifs is 1. The molecule has 0 aliphatic heterocycles. The van der Waals surface area contributed by atoms with Gasteiger partial charge in [-0.3, -0.25) is 14.2 Å². The number of aromatic nitrogens is 2. The van der Waals surface area contributed by atoms with Gasteiger partial charge in [-0.25, -0.2) is 9.78 Å². The molecule has 0 spiro atoms. The van der Waals surface area contributed by atoms with Crippen molar-refractivity contribution >= 4 is 23.0 Å². The summed E-state index contributed by atoms with van der Waals surface area (Å²) in [6.45, 7) is 2.87. The fourth-order valence-electron chi connectivity index (χ4n) is 2.56. The minimum atomic E-state index is -1.29. The van der Waals surface area contributed by atoms with E-state index < -0.39 is 17.4 Å². The van der Waals surface area contributed by atoms with Crippen molar-refractivity contribution in [1.82, 2.24) is 14.9 Å². The zero-order chi connectivity index (χ0) is 18.1. The molecule has 1 unspecified atom stereocenters. The summed E-state index contributed by atoms with van der Waals surface area (Å²) in [5.74, 6) is -1.07. The maximum atomic E-state index is 12.5. The van der Waals surface area contributed by atoms with Gasteiger partial charge in [-0.1, -0.05) is 0 Å². The number of carboxylic acids is 1. The summed E-state index contributed by atoms with van der Waals surface area (Å²) in [6.07, 6.45) is 2.64. The van der Waals surface area contributed by atoms with E-state index in [4.69, 9.17) is 8.83 Å². The van der Waals surface area contributed by atoms with Gasteiger partial charge in [-0.05, 0) is 26.0 Å². The molecule has 2 N–H and O–H groups in total. The predicted octanol–water partition coefficient (Wildman–Crippen LogP) is 1.47. The van der Waals surface area contributed by atoms with Gasteiger partial charge in [0.05, 0.1) is 12.3 Å². The van der Waals surface area contributed by atoms with Crippen LogP contribution in [0, 0.1) is 6.92 Å². The summed E-state index contributed by atoms with van der Waals surface area (Å²) in [5.41, 5.74) is -0.966. The molecule has 0 aromatic carbocycles. The first kappa shape index (κ1) is 16.5. The number of nitrogens with one attached hydrogen (secondary N) is 1. The van der Waals surface area contributed by atoms with Crippen molar-refractivity contribution in [2.24, 2.45) is 0 Å². The number of rotatable bonds is 5. The Bertz CT molecular complexity index is 999. The van der Waals surface area contributed by atoms with Gasteiger partial charge >= 0.3 is 5.97 Å². The van der Waals surface area contributed by atoms with E-state index in [1.54, 1.807) is 19.1 Å². The Kier molecular flexibility index (Phi) is 4.14. The molecule has 0 radical (unpaired) electrons. The highest BCUT2D eigenvalue weighted by Crippen LogP contribution is 2.20. The van der Waals surface area contributed by atoms with Crippen LogP contribution in [0.4, 0.5) is 0 Å². The van der Waals surface area contributed by atoms with Crippen LogP contribution < -0.4 is 10.9 Å². The smallest absolute Gasteiger partial charge is 0.340 e. The molecule has 1 atom stereocenters. The van der Waals surface area contributed by atoms with Gasteiger partial charge < -0.3 is 19.3 Å². The van der Waals surface area contributed by atoms with Crippen LogP contribution in [0.2, 0.25) is 0 Å². The third-order valence-corrected chi connectivity index (χ3v) is 3.73. The molecule has 3 rings (SSSR count). The molecule has 0 aliphatic rings. The first-order valence-corrected chi connectivity index (χ1v) is 7.43. The lowest BCUT2D eigenvalue weighted by molar-refractivity contribution is -0.122. The summed E-state index contributed by atoms with van der Waals surface area (Å²) in [6, 6.07) is 3.05. The second-order valence-electron chi connectivity index (χ2n) is 5.50. The second kappa shape index (κ2) is 6.27. The number of nitrogens with zero attached hydrogens (tertiary/aromatic N) is 2. The standard InChI is InChI=1S/C16H15N3O6/c1-8(10-4-3-5-24-10)18-11(20)6-19-7-17-14-13(15(19)21)12(16(22)23)9(2)25-14/h3-5,7-8H,6H2,1-2H3,(H,18,20)(H,22,23). The SMILES string of the molecule is Cc1oc2ncn(CC(=O)NC(C)c3ccco3)c(=O)c2c1C(=O)O. The zero-order valence-corrected chi connectivity index (χ0v) is 13.5. The fourth-order valence-corrected chi connectivity index (χ4v) is 2.56. The number of amides is 1. The highest BCUT2D eigenvalue weighted by molar-refractivity contribution is 6.02. The molecular weight excluding hydrogens is 330 g/mol. The van der Waals surface area contributed by atoms with Crippen LogP contribution >= 0.6 is 0 Å². The van der Waals surface area contributed by atoms with Gasteiger partial charge in [0, 0.05) is 0 Å². The lowest BCUT2D eigenvalue weighted by Gasteiger charge is -2.12. The minimum Gasteiger partial charge on any atom is -0.478 e. The van der Waals surface area contributed by atoms with E-state index in [9.17, 15) is 19.5 Å². The van der Waals surface area contributed by atoms with Gasteiger partial charge in [0.25, 0.3) is 5.56 Å². The highest BCUT2D eigenvalue weighted by Gasteiger charge is 2.23. The van der Waals surface area contributed by atoms with E-state index in [0.717, 1.165) is 10.9 Å². The lowest BCUT2D eigenvalue weighted by Crippen LogP contribution is -2.34. The molecule has 0 saturated carbocycles. The fraction of sp³-hybridized carbons (Fsp3) is 0.250. The second-order valence-corrected chi connectivity index (χ2v) is 5.50. The van der Waals surface area contributed by atoms with E-state index in [0.29, 0.717) is 5.76 Å². The van der Waals surface area contributed by atoms with Gasteiger partial charge in [-0.2, -0.15) is 0 Å². The number of hydrogen-bond donors (Lipinski definition) is 2. The van der Waals surface area contributed by atoms with Gasteiger partial charge in [0.2, 0.25) is 11.6 Å². The third-order valence-electron chi connectivity index (χ3n) is 3.73. The Morgan fingerprint density at radius 1 is 1.44 bits per heavy atom. The van der Waals surface area contributed by atoms with Crippen LogP contribution in [-0.4, -0.2) is 26.5 Å². The molecular formula is C16H15N3O6. The van der Waals surface area contributed by atoms with Crippen LogP contribution in [0.1, 0.15) is 34.8 Å². The number of aryl methyl sites for hydroxylation is 1. The van der Waals surface area contributed by atoms with Crippen molar-refractivity contribution in [3.63, 3.8) is 0 Å². The minimum absolute atomic E-state index is 0.0690. The van der Waals surface area contributed by atoms with E-state index >= 15 is 0 Å². The molecule has 3 heterocycles. The topological polar surface area (TPSA) is 128 Å². The monoisotopic (exact) mass is 345 g/mol. The van der Waals surface area contributed by atoms with Crippen molar-refractivity contribution in [2.45, 2.75) is 26.4 Å². The summed E-state index contributed by atoms with van der Waals surface area (Å²) in [4.78, 5) is 39.9. The molecule has 0 bridgehead atoms. The Morgan fingerprint density at radius 2 is 2.20 bits per heavy atom. The van der Waals surface area contributed by atoms with E-state index in [-0.39, 0.29) is 35.0 Å². The number of furan rings is 2. The number of hydrogen-bond acceptors (Lipinski definition) is 6.